The van der Waals surface area contributed by atoms with E-state index in [2.05, 4.69) is 9.97 Å². The number of carbonyl (C=O) groups excluding carboxylic acids is 1. The van der Waals surface area contributed by atoms with Gasteiger partial charge in [-0.3, -0.25) is 9.78 Å². The molecule has 0 amide bonds. The Morgan fingerprint density at radius 1 is 1.40 bits per heavy atom. The first-order valence-corrected chi connectivity index (χ1v) is 4.66. The molecule has 0 bridgehead atoms. The average Bonchev–Trinajstić information content (AvgIpc) is 2.69. The molecule has 4 nitrogen and oxygen atoms in total. The lowest BCUT2D eigenvalue weighted by Gasteiger charge is -2.06. The molecule has 0 spiro atoms. The van der Waals surface area contributed by atoms with Crippen molar-refractivity contribution in [3.63, 3.8) is 0 Å². The molecule has 4 heteroatoms. The van der Waals surface area contributed by atoms with Gasteiger partial charge >= 0.3 is 0 Å². The molecule has 0 unspecified atom stereocenters. The molecule has 0 saturated carbocycles. The lowest BCUT2D eigenvalue weighted by Crippen LogP contribution is -2.03. The number of imidazole rings is 1. The van der Waals surface area contributed by atoms with Crippen LogP contribution in [-0.4, -0.2) is 20.8 Å². The average molecular weight is 201 g/mol. The topological polar surface area (TPSA) is 47.8 Å². The molecule has 0 aliphatic heterocycles. The third-order valence-corrected chi connectivity index (χ3v) is 2.34. The van der Waals surface area contributed by atoms with E-state index in [1.54, 1.807) is 18.7 Å². The highest BCUT2D eigenvalue weighted by atomic mass is 16.1. The van der Waals surface area contributed by atoms with E-state index in [1.807, 2.05) is 23.8 Å². The molecule has 15 heavy (non-hydrogen) atoms. The summed E-state index contributed by atoms with van der Waals surface area (Å²) in [6, 6.07) is 1.95. The molecule has 0 fully saturated rings. The zero-order chi connectivity index (χ0) is 10.7. The summed E-state index contributed by atoms with van der Waals surface area (Å²) >= 11 is 0. The smallest absolute Gasteiger partial charge is 0.168 e. The monoisotopic (exact) mass is 201 g/mol. The van der Waals surface area contributed by atoms with Gasteiger partial charge in [0, 0.05) is 18.9 Å². The first-order chi connectivity index (χ1) is 7.31. The second-order valence-electron chi connectivity index (χ2n) is 3.37. The summed E-state index contributed by atoms with van der Waals surface area (Å²) in [6.07, 6.45) is 7.59. The first kappa shape index (κ1) is 9.58. The van der Waals surface area contributed by atoms with Crippen LogP contribution in [0.15, 0.2) is 31.0 Å². The molecule has 0 N–H and O–H groups in total. The van der Waals surface area contributed by atoms with Crippen LogP contribution in [0.25, 0.3) is 0 Å². The molecular formula is C11H11N3O. The van der Waals surface area contributed by atoms with E-state index in [9.17, 15) is 4.79 Å². The lowest BCUT2D eigenvalue weighted by molar-refractivity contribution is 0.111. The van der Waals surface area contributed by atoms with Gasteiger partial charge in [-0.15, -0.1) is 0 Å². The maximum atomic E-state index is 10.7. The fourth-order valence-corrected chi connectivity index (χ4v) is 1.42. The summed E-state index contributed by atoms with van der Waals surface area (Å²) in [6.45, 7) is 2.66. The minimum absolute atomic E-state index is 0.589. The zero-order valence-electron chi connectivity index (χ0n) is 8.42. The second kappa shape index (κ2) is 4.04. The molecule has 0 aliphatic carbocycles. The van der Waals surface area contributed by atoms with Crippen LogP contribution in [0.2, 0.25) is 0 Å². The largest absolute Gasteiger partial charge is 0.324 e. The third kappa shape index (κ3) is 1.93. The number of nitrogens with zero attached hydrogens (tertiary/aromatic N) is 3. The van der Waals surface area contributed by atoms with Gasteiger partial charge in [-0.2, -0.15) is 0 Å². The van der Waals surface area contributed by atoms with E-state index in [0.29, 0.717) is 12.2 Å². The highest BCUT2D eigenvalue weighted by molar-refractivity contribution is 5.71. The van der Waals surface area contributed by atoms with Crippen molar-refractivity contribution in [1.82, 2.24) is 14.5 Å². The molecule has 2 aromatic rings. The number of hydrogen-bond donors (Lipinski definition) is 0. The van der Waals surface area contributed by atoms with Gasteiger partial charge < -0.3 is 4.57 Å². The number of aromatic nitrogens is 3. The summed E-state index contributed by atoms with van der Waals surface area (Å²) in [5.74, 6) is 0. The molecule has 0 aromatic carbocycles. The van der Waals surface area contributed by atoms with Gasteiger partial charge in [0.1, 0.15) is 5.69 Å². The quantitative estimate of drug-likeness (QED) is 0.706. The van der Waals surface area contributed by atoms with E-state index < -0.39 is 0 Å². The van der Waals surface area contributed by atoms with Gasteiger partial charge in [0.05, 0.1) is 12.5 Å². The van der Waals surface area contributed by atoms with Gasteiger partial charge in [-0.1, -0.05) is 0 Å². The third-order valence-electron chi connectivity index (χ3n) is 2.34. The van der Waals surface area contributed by atoms with Crippen molar-refractivity contribution in [2.75, 3.05) is 0 Å². The van der Waals surface area contributed by atoms with Crippen LogP contribution >= 0.6 is 0 Å². The van der Waals surface area contributed by atoms with Crippen LogP contribution in [0.5, 0.6) is 0 Å². The predicted molar refractivity (Wildman–Crippen MR) is 55.7 cm³/mol. The number of aldehydes is 1. The van der Waals surface area contributed by atoms with E-state index >= 15 is 0 Å². The Bertz CT molecular complexity index is 476. The van der Waals surface area contributed by atoms with Gasteiger partial charge in [-0.05, 0) is 24.1 Å². The van der Waals surface area contributed by atoms with E-state index in [1.165, 1.54) is 0 Å². The van der Waals surface area contributed by atoms with Gasteiger partial charge in [-0.25, -0.2) is 4.98 Å². The van der Waals surface area contributed by atoms with Crippen LogP contribution in [0, 0.1) is 6.92 Å². The Balaban J connectivity index is 2.29. The van der Waals surface area contributed by atoms with Gasteiger partial charge in [0.2, 0.25) is 0 Å². The summed E-state index contributed by atoms with van der Waals surface area (Å²) in [7, 11) is 0. The van der Waals surface area contributed by atoms with Crippen molar-refractivity contribution in [3.05, 3.63) is 47.8 Å². The highest BCUT2D eigenvalue weighted by Crippen LogP contribution is 2.08. The highest BCUT2D eigenvalue weighted by Gasteiger charge is 2.03. The molecule has 0 radical (unpaired) electrons. The minimum atomic E-state index is 0.589. The minimum Gasteiger partial charge on any atom is -0.324 e. The molecular weight excluding hydrogens is 190 g/mol. The number of pyridine rings is 1. The summed E-state index contributed by atoms with van der Waals surface area (Å²) in [5.41, 5.74) is 2.85. The van der Waals surface area contributed by atoms with Crippen molar-refractivity contribution in [2.24, 2.45) is 0 Å². The maximum Gasteiger partial charge on any atom is 0.168 e. The number of hydrogen-bond acceptors (Lipinski definition) is 3. The van der Waals surface area contributed by atoms with E-state index in [4.69, 9.17) is 0 Å². The van der Waals surface area contributed by atoms with Crippen LogP contribution in [0.4, 0.5) is 0 Å². The standard InChI is InChI=1S/C11H11N3O/c1-9-4-12-3-2-10(9)6-14-8-13-5-11(14)7-15/h2-5,7-8H,6H2,1H3. The molecule has 0 aliphatic rings. The fourth-order valence-electron chi connectivity index (χ4n) is 1.42. The lowest BCUT2D eigenvalue weighted by atomic mass is 10.1. The zero-order valence-corrected chi connectivity index (χ0v) is 8.42. The molecule has 0 atom stereocenters. The maximum absolute atomic E-state index is 10.7. The summed E-state index contributed by atoms with van der Waals surface area (Å²) in [5, 5.41) is 0. The Kier molecular flexibility index (Phi) is 2.58. The van der Waals surface area contributed by atoms with E-state index in [0.717, 1.165) is 17.4 Å². The van der Waals surface area contributed by atoms with Crippen molar-refractivity contribution in [2.45, 2.75) is 13.5 Å². The molecule has 2 aromatic heterocycles. The fraction of sp³-hybridized carbons (Fsp3) is 0.182. The number of rotatable bonds is 3. The number of aryl methyl sites for hydroxylation is 1. The second-order valence-corrected chi connectivity index (χ2v) is 3.37. The van der Waals surface area contributed by atoms with E-state index in [-0.39, 0.29) is 0 Å². The molecule has 0 saturated heterocycles. The van der Waals surface area contributed by atoms with Crippen LogP contribution in [-0.2, 0) is 6.54 Å². The van der Waals surface area contributed by atoms with Gasteiger partial charge in [0.25, 0.3) is 0 Å². The Morgan fingerprint density at radius 2 is 2.27 bits per heavy atom. The first-order valence-electron chi connectivity index (χ1n) is 4.66. The summed E-state index contributed by atoms with van der Waals surface area (Å²) < 4.78 is 1.81. The summed E-state index contributed by atoms with van der Waals surface area (Å²) in [4.78, 5) is 18.6. The van der Waals surface area contributed by atoms with Crippen molar-refractivity contribution < 1.29 is 4.79 Å². The van der Waals surface area contributed by atoms with Crippen LogP contribution < -0.4 is 0 Å². The molecule has 2 rings (SSSR count). The molecule has 2 heterocycles. The normalized spacial score (nSPS) is 10.2. The van der Waals surface area contributed by atoms with Crippen LogP contribution in [0.1, 0.15) is 21.6 Å². The van der Waals surface area contributed by atoms with Crippen molar-refractivity contribution in [3.8, 4) is 0 Å². The Labute approximate surface area is 87.6 Å². The predicted octanol–water partition coefficient (Wildman–Crippen LogP) is 1.45. The Morgan fingerprint density at radius 3 is 3.00 bits per heavy atom. The van der Waals surface area contributed by atoms with Crippen molar-refractivity contribution in [1.29, 1.82) is 0 Å². The Hall–Kier alpha value is -1.97. The van der Waals surface area contributed by atoms with Gasteiger partial charge in [0.15, 0.2) is 6.29 Å². The SMILES string of the molecule is Cc1cnccc1Cn1cncc1C=O. The number of carbonyl (C=O) groups is 1. The van der Waals surface area contributed by atoms with Crippen molar-refractivity contribution >= 4 is 6.29 Å². The van der Waals surface area contributed by atoms with Crippen LogP contribution in [0.3, 0.4) is 0 Å². The molecule has 76 valence electrons.